The molecule has 5 heterocycles. The molecule has 19 unspecified atom stereocenters. The zero-order chi connectivity index (χ0) is 32.0. The van der Waals surface area contributed by atoms with Crippen LogP contribution in [0, 0.1) is 59.2 Å². The first-order chi connectivity index (χ1) is 22.9. The average Bonchev–Trinajstić information content (AvgIpc) is 3.80. The minimum atomic E-state index is -1.34. The van der Waals surface area contributed by atoms with E-state index in [1.807, 2.05) is 0 Å². The van der Waals surface area contributed by atoms with Gasteiger partial charge < -0.3 is 15.3 Å². The lowest BCUT2D eigenvalue weighted by molar-refractivity contribution is -0.167. The van der Waals surface area contributed by atoms with E-state index in [1.165, 1.54) is 64.2 Å². The highest BCUT2D eigenvalue weighted by molar-refractivity contribution is 5.81. The van der Waals surface area contributed by atoms with Crippen molar-refractivity contribution in [1.29, 1.82) is 0 Å². The molecule has 262 valence electrons. The lowest BCUT2D eigenvalue weighted by atomic mass is 9.66. The van der Waals surface area contributed by atoms with E-state index in [1.54, 1.807) is 0 Å². The minimum absolute atomic E-state index is 0.00414. The van der Waals surface area contributed by atoms with Crippen molar-refractivity contribution >= 4 is 11.9 Å². The van der Waals surface area contributed by atoms with Gasteiger partial charge in [0.1, 0.15) is 0 Å². The smallest absolute Gasteiger partial charge is 0.310 e. The number of aliphatic hydroxyl groups excluding tert-OH is 1. The van der Waals surface area contributed by atoms with Gasteiger partial charge in [0, 0.05) is 5.92 Å². The molecule has 9 aliphatic rings. The number of carbonyl (C=O) groups is 2. The number of hydrogen-bond donors (Lipinski definition) is 11. The molecule has 0 aromatic heterocycles. The summed E-state index contributed by atoms with van der Waals surface area (Å²) in [5, 5.41) is 64.0. The van der Waals surface area contributed by atoms with Gasteiger partial charge in [-0.3, -0.25) is 52.1 Å². The van der Waals surface area contributed by atoms with Crippen molar-refractivity contribution < 1.29 is 24.9 Å². The van der Waals surface area contributed by atoms with Gasteiger partial charge in [0.15, 0.2) is 0 Å². The van der Waals surface area contributed by atoms with E-state index in [0.717, 1.165) is 12.8 Å². The third kappa shape index (κ3) is 5.29. The van der Waals surface area contributed by atoms with Crippen LogP contribution in [0.5, 0.6) is 0 Å². The van der Waals surface area contributed by atoms with Crippen LogP contribution in [0.1, 0.15) is 83.5 Å². The molecule has 0 amide bonds. The van der Waals surface area contributed by atoms with E-state index in [-0.39, 0.29) is 61.7 Å². The van der Waals surface area contributed by atoms with Crippen LogP contribution in [-0.2, 0) is 9.59 Å². The molecule has 4 saturated carbocycles. The molecule has 0 aromatic rings. The Bertz CT molecular complexity index is 1210. The van der Waals surface area contributed by atoms with E-state index >= 15 is 0 Å². The summed E-state index contributed by atoms with van der Waals surface area (Å²) < 4.78 is 0. The van der Waals surface area contributed by atoms with Gasteiger partial charge in [-0.05, 0) is 86.4 Å². The van der Waals surface area contributed by atoms with Gasteiger partial charge in [-0.2, -0.15) is 0 Å². The summed E-state index contributed by atoms with van der Waals surface area (Å²) in [6.07, 6.45) is 13.8. The van der Waals surface area contributed by atoms with Crippen LogP contribution in [0.2, 0.25) is 0 Å². The summed E-state index contributed by atoms with van der Waals surface area (Å²) in [7, 11) is 0. The van der Waals surface area contributed by atoms with Crippen molar-refractivity contribution in [2.24, 2.45) is 59.2 Å². The molecule has 13 nitrogen and oxygen atoms in total. The topological polar surface area (TPSA) is 191 Å². The number of fused-ring (bicyclic) bond motifs is 20. The van der Waals surface area contributed by atoms with E-state index in [9.17, 15) is 24.9 Å². The predicted octanol–water partition coefficient (Wildman–Crippen LogP) is 0.198. The molecule has 4 aliphatic carbocycles. The highest BCUT2D eigenvalue weighted by Crippen LogP contribution is 2.48. The summed E-state index contributed by atoms with van der Waals surface area (Å²) in [4.78, 5) is 24.9. The van der Waals surface area contributed by atoms with Crippen molar-refractivity contribution in [2.75, 3.05) is 0 Å². The van der Waals surface area contributed by atoms with Gasteiger partial charge in [-0.25, -0.2) is 0 Å². The van der Waals surface area contributed by atoms with Gasteiger partial charge in [-0.1, -0.05) is 38.5 Å². The lowest BCUT2D eigenvalue weighted by Gasteiger charge is -2.42. The van der Waals surface area contributed by atoms with Crippen molar-refractivity contribution in [3.8, 4) is 0 Å². The number of rotatable bonds is 2. The Hall–Kier alpha value is -1.42. The second-order valence-corrected chi connectivity index (χ2v) is 16.8. The predicted molar refractivity (Wildman–Crippen MR) is 172 cm³/mol. The third-order valence-corrected chi connectivity index (χ3v) is 14.7. The number of aliphatic carboxylic acids is 2. The van der Waals surface area contributed by atoms with Crippen LogP contribution in [0.25, 0.3) is 0 Å². The van der Waals surface area contributed by atoms with Crippen LogP contribution < -0.4 is 42.5 Å². The van der Waals surface area contributed by atoms with Gasteiger partial charge in [0.25, 0.3) is 0 Å². The normalized spacial score (nSPS) is 55.4. The second kappa shape index (κ2) is 12.4. The number of carboxylic acid groups (broad SMARTS) is 2. The number of hydrogen-bond acceptors (Lipinski definition) is 11. The SMILES string of the molecule is O=C(O)C1CC2C3NC4NC(NC5NC(NC6NC(NC(N3)C2C(O)C1C(=O)O)C1CCCCC61)C1CCCCC51)C1CCCCC41. The Kier molecular flexibility index (Phi) is 8.34. The highest BCUT2D eigenvalue weighted by Gasteiger charge is 2.60. The van der Waals surface area contributed by atoms with E-state index in [2.05, 4.69) is 42.5 Å². The van der Waals surface area contributed by atoms with Crippen LogP contribution in [-0.4, -0.2) is 82.7 Å². The molecule has 9 rings (SSSR count). The molecule has 5 saturated heterocycles. The zero-order valence-electron chi connectivity index (χ0n) is 27.3. The maximum absolute atomic E-state index is 12.5. The lowest BCUT2D eigenvalue weighted by Crippen LogP contribution is -2.62. The van der Waals surface area contributed by atoms with Gasteiger partial charge in [0.2, 0.25) is 0 Å². The van der Waals surface area contributed by atoms with Crippen LogP contribution in [0.3, 0.4) is 0 Å². The Labute approximate surface area is 277 Å². The van der Waals surface area contributed by atoms with Gasteiger partial charge in [-0.15, -0.1) is 0 Å². The Morgan fingerprint density at radius 1 is 0.426 bits per heavy atom. The van der Waals surface area contributed by atoms with E-state index < -0.39 is 35.8 Å². The molecule has 11 N–H and O–H groups in total. The summed E-state index contributed by atoms with van der Waals surface area (Å²) in [5.74, 6) is -2.47. The maximum Gasteiger partial charge on any atom is 0.310 e. The molecule has 47 heavy (non-hydrogen) atoms. The van der Waals surface area contributed by atoms with Crippen molar-refractivity contribution in [2.45, 2.75) is 139 Å². The zero-order valence-corrected chi connectivity index (χ0v) is 27.3. The molecule has 0 radical (unpaired) electrons. The fraction of sp³-hybridized carbons (Fsp3) is 0.941. The second-order valence-electron chi connectivity index (χ2n) is 16.8. The molecule has 19 atom stereocenters. The summed E-state index contributed by atoms with van der Waals surface area (Å²) in [5.41, 5.74) is 0. The van der Waals surface area contributed by atoms with E-state index in [4.69, 9.17) is 0 Å². The Balaban J connectivity index is 1.08. The molecule has 5 aliphatic heterocycles. The third-order valence-electron chi connectivity index (χ3n) is 14.7. The average molecular weight is 657 g/mol. The van der Waals surface area contributed by atoms with Crippen LogP contribution in [0.15, 0.2) is 0 Å². The first-order valence-corrected chi connectivity index (χ1v) is 19.1. The molecular weight excluding hydrogens is 600 g/mol. The fourth-order valence-corrected chi connectivity index (χ4v) is 12.6. The molecule has 0 aromatic carbocycles. The summed E-state index contributed by atoms with van der Waals surface area (Å²) in [6, 6.07) is 0. The standard InChI is InChI=1S/C34H56N8O5/c43-24-22-20(13-21(33(44)45)23(24)34(46)47)31-40-29-17-10-4-3-9-16(17)27(38-29)36-25-14-7-1-2-8-15(14)26(35-25)37-28-18-11-5-6-12-19(18)30(39-28)41-32(22)42-31/h14-32,35-43H,1-13H2,(H,44,45)(H,46,47). The minimum Gasteiger partial charge on any atom is -0.481 e. The Morgan fingerprint density at radius 3 is 1.02 bits per heavy atom. The molecular formula is C34H56N8O5. The highest BCUT2D eigenvalue weighted by atomic mass is 16.4. The van der Waals surface area contributed by atoms with Gasteiger partial charge in [0.05, 0.1) is 67.3 Å². The van der Waals surface area contributed by atoms with Crippen LogP contribution >= 0.6 is 0 Å². The van der Waals surface area contributed by atoms with Crippen LogP contribution in [0.4, 0.5) is 0 Å². The van der Waals surface area contributed by atoms with Crippen molar-refractivity contribution in [3.63, 3.8) is 0 Å². The molecule has 8 bridgehead atoms. The van der Waals surface area contributed by atoms with Crippen molar-refractivity contribution in [3.05, 3.63) is 0 Å². The molecule has 13 heteroatoms. The van der Waals surface area contributed by atoms with Crippen molar-refractivity contribution in [1.82, 2.24) is 42.5 Å². The number of carboxylic acids is 2. The first-order valence-electron chi connectivity index (χ1n) is 19.1. The Morgan fingerprint density at radius 2 is 0.723 bits per heavy atom. The molecule has 0 spiro atoms. The van der Waals surface area contributed by atoms with Gasteiger partial charge >= 0.3 is 11.9 Å². The first kappa shape index (κ1) is 31.6. The maximum atomic E-state index is 12.5. The molecule has 9 fully saturated rings. The monoisotopic (exact) mass is 656 g/mol. The number of aliphatic hydroxyl groups is 1. The summed E-state index contributed by atoms with van der Waals surface area (Å²) in [6.45, 7) is 0. The quantitative estimate of drug-likeness (QED) is 0.193. The summed E-state index contributed by atoms with van der Waals surface area (Å²) >= 11 is 0. The fourth-order valence-electron chi connectivity index (χ4n) is 12.6. The number of nitrogens with one attached hydrogen (secondary N) is 8. The van der Waals surface area contributed by atoms with E-state index in [0.29, 0.717) is 35.5 Å². The largest absolute Gasteiger partial charge is 0.481 e.